The van der Waals surface area contributed by atoms with Gasteiger partial charge in [0, 0.05) is 5.56 Å². The fourth-order valence-corrected chi connectivity index (χ4v) is 1.44. The molecule has 0 aliphatic carbocycles. The predicted molar refractivity (Wildman–Crippen MR) is 63.1 cm³/mol. The number of methoxy groups -OCH3 is 1. The summed E-state index contributed by atoms with van der Waals surface area (Å²) in [6, 6.07) is 6.78. The summed E-state index contributed by atoms with van der Waals surface area (Å²) in [5, 5.41) is 0. The van der Waals surface area contributed by atoms with E-state index in [1.165, 1.54) is 14.0 Å². The maximum atomic E-state index is 11.9. The summed E-state index contributed by atoms with van der Waals surface area (Å²) in [4.78, 5) is 23.2. The SMILES string of the molecule is CCOc1cccc(C(=O)C(C)C(=O)OC)c1. The number of hydrogen-bond donors (Lipinski definition) is 0. The highest BCUT2D eigenvalue weighted by Gasteiger charge is 2.23. The summed E-state index contributed by atoms with van der Waals surface area (Å²) >= 11 is 0. The zero-order valence-corrected chi connectivity index (χ0v) is 10.2. The molecule has 0 spiro atoms. The molecule has 0 radical (unpaired) electrons. The van der Waals surface area contributed by atoms with Crippen LogP contribution in [-0.2, 0) is 9.53 Å². The van der Waals surface area contributed by atoms with Gasteiger partial charge in [0.15, 0.2) is 5.78 Å². The summed E-state index contributed by atoms with van der Waals surface area (Å²) in [6.07, 6.45) is 0. The summed E-state index contributed by atoms with van der Waals surface area (Å²) in [5.74, 6) is -0.970. The van der Waals surface area contributed by atoms with E-state index in [-0.39, 0.29) is 5.78 Å². The van der Waals surface area contributed by atoms with E-state index in [9.17, 15) is 9.59 Å². The number of hydrogen-bond acceptors (Lipinski definition) is 4. The minimum Gasteiger partial charge on any atom is -0.494 e. The zero-order chi connectivity index (χ0) is 12.8. The largest absolute Gasteiger partial charge is 0.494 e. The average molecular weight is 236 g/mol. The van der Waals surface area contributed by atoms with Crippen LogP contribution < -0.4 is 4.74 Å². The molecule has 17 heavy (non-hydrogen) atoms. The van der Waals surface area contributed by atoms with Gasteiger partial charge in [-0.15, -0.1) is 0 Å². The van der Waals surface area contributed by atoms with E-state index in [1.807, 2.05) is 6.92 Å². The average Bonchev–Trinajstić information content (AvgIpc) is 2.36. The molecular formula is C13H16O4. The van der Waals surface area contributed by atoms with E-state index >= 15 is 0 Å². The van der Waals surface area contributed by atoms with Gasteiger partial charge in [0.25, 0.3) is 0 Å². The Hall–Kier alpha value is -1.84. The number of esters is 1. The number of rotatable bonds is 5. The Bertz CT molecular complexity index is 412. The van der Waals surface area contributed by atoms with E-state index in [0.717, 1.165) is 0 Å². The van der Waals surface area contributed by atoms with Gasteiger partial charge in [-0.1, -0.05) is 12.1 Å². The Kier molecular flexibility index (Phi) is 4.69. The molecule has 0 aliphatic heterocycles. The third kappa shape index (κ3) is 3.31. The first-order valence-electron chi connectivity index (χ1n) is 5.45. The van der Waals surface area contributed by atoms with Crippen LogP contribution in [0.15, 0.2) is 24.3 Å². The number of ketones is 1. The predicted octanol–water partition coefficient (Wildman–Crippen LogP) is 2.08. The smallest absolute Gasteiger partial charge is 0.316 e. The van der Waals surface area contributed by atoms with Crippen LogP contribution in [0.25, 0.3) is 0 Å². The number of carbonyl (C=O) groups excluding carboxylic acids is 2. The van der Waals surface area contributed by atoms with Gasteiger partial charge in [0.1, 0.15) is 11.7 Å². The van der Waals surface area contributed by atoms with Crippen LogP contribution in [0.3, 0.4) is 0 Å². The molecule has 0 amide bonds. The van der Waals surface area contributed by atoms with Gasteiger partial charge in [-0.05, 0) is 26.0 Å². The monoisotopic (exact) mass is 236 g/mol. The van der Waals surface area contributed by atoms with Crippen molar-refractivity contribution >= 4 is 11.8 Å². The summed E-state index contributed by atoms with van der Waals surface area (Å²) in [5.41, 5.74) is 0.453. The first-order valence-corrected chi connectivity index (χ1v) is 5.45. The number of ether oxygens (including phenoxy) is 2. The molecule has 1 rings (SSSR count). The van der Waals surface area contributed by atoms with Crippen molar-refractivity contribution in [2.24, 2.45) is 5.92 Å². The quantitative estimate of drug-likeness (QED) is 0.446. The van der Waals surface area contributed by atoms with Crippen molar-refractivity contribution in [1.29, 1.82) is 0 Å². The third-order valence-electron chi connectivity index (χ3n) is 2.38. The molecule has 0 aromatic heterocycles. The van der Waals surface area contributed by atoms with Gasteiger partial charge in [-0.3, -0.25) is 9.59 Å². The lowest BCUT2D eigenvalue weighted by Crippen LogP contribution is -2.22. The van der Waals surface area contributed by atoms with Gasteiger partial charge in [0.05, 0.1) is 13.7 Å². The molecule has 0 heterocycles. The van der Waals surface area contributed by atoms with Crippen LogP contribution in [0.1, 0.15) is 24.2 Å². The Labute approximate surface area is 101 Å². The van der Waals surface area contributed by atoms with E-state index in [1.54, 1.807) is 24.3 Å². The van der Waals surface area contributed by atoms with Gasteiger partial charge in [0.2, 0.25) is 0 Å². The van der Waals surface area contributed by atoms with Gasteiger partial charge in [-0.25, -0.2) is 0 Å². The fraction of sp³-hybridized carbons (Fsp3) is 0.385. The van der Waals surface area contributed by atoms with Crippen molar-refractivity contribution in [2.45, 2.75) is 13.8 Å². The minimum absolute atomic E-state index is 0.265. The van der Waals surface area contributed by atoms with E-state index in [4.69, 9.17) is 4.74 Å². The molecule has 0 N–H and O–H groups in total. The highest BCUT2D eigenvalue weighted by atomic mass is 16.5. The number of Topliss-reactive ketones (excluding diaryl/α,β-unsaturated/α-hetero) is 1. The highest BCUT2D eigenvalue weighted by Crippen LogP contribution is 2.17. The van der Waals surface area contributed by atoms with Gasteiger partial charge >= 0.3 is 5.97 Å². The molecule has 1 aromatic carbocycles. The first-order chi connectivity index (χ1) is 8.10. The lowest BCUT2D eigenvalue weighted by molar-refractivity contribution is -0.143. The molecular weight excluding hydrogens is 220 g/mol. The lowest BCUT2D eigenvalue weighted by Gasteiger charge is -2.09. The first kappa shape index (κ1) is 13.2. The lowest BCUT2D eigenvalue weighted by atomic mass is 9.99. The van der Waals surface area contributed by atoms with Crippen molar-refractivity contribution in [3.8, 4) is 5.75 Å². The van der Waals surface area contributed by atoms with E-state index in [2.05, 4.69) is 4.74 Å². The van der Waals surface area contributed by atoms with Crippen LogP contribution >= 0.6 is 0 Å². The maximum absolute atomic E-state index is 11.9. The molecule has 1 aromatic rings. The molecule has 0 saturated heterocycles. The summed E-state index contributed by atoms with van der Waals surface area (Å²) in [7, 11) is 1.27. The molecule has 92 valence electrons. The molecule has 0 aliphatic rings. The maximum Gasteiger partial charge on any atom is 0.316 e. The van der Waals surface area contributed by atoms with E-state index in [0.29, 0.717) is 17.9 Å². The summed E-state index contributed by atoms with van der Waals surface area (Å²) in [6.45, 7) is 3.93. The minimum atomic E-state index is -0.795. The van der Waals surface area contributed by atoms with Crippen molar-refractivity contribution < 1.29 is 19.1 Å². The topological polar surface area (TPSA) is 52.6 Å². The molecule has 0 bridgehead atoms. The Morgan fingerprint density at radius 3 is 2.65 bits per heavy atom. The van der Waals surface area contributed by atoms with Crippen LogP contribution in [0.4, 0.5) is 0 Å². The van der Waals surface area contributed by atoms with Crippen molar-refractivity contribution in [3.63, 3.8) is 0 Å². The zero-order valence-electron chi connectivity index (χ0n) is 10.2. The third-order valence-corrected chi connectivity index (χ3v) is 2.38. The van der Waals surface area contributed by atoms with Crippen molar-refractivity contribution in [1.82, 2.24) is 0 Å². The van der Waals surface area contributed by atoms with Gasteiger partial charge < -0.3 is 9.47 Å². The second-order valence-corrected chi connectivity index (χ2v) is 3.57. The standard InChI is InChI=1S/C13H16O4/c1-4-17-11-7-5-6-10(8-11)12(14)9(2)13(15)16-3/h5-9H,4H2,1-3H3. The molecule has 1 unspecified atom stereocenters. The Morgan fingerprint density at radius 2 is 2.06 bits per heavy atom. The molecule has 4 nitrogen and oxygen atoms in total. The number of benzene rings is 1. The molecule has 0 saturated carbocycles. The van der Waals surface area contributed by atoms with Crippen LogP contribution in [0, 0.1) is 5.92 Å². The molecule has 0 fully saturated rings. The second kappa shape index (κ2) is 6.03. The van der Waals surface area contributed by atoms with Crippen LogP contribution in [-0.4, -0.2) is 25.5 Å². The molecule has 4 heteroatoms. The van der Waals surface area contributed by atoms with Crippen LogP contribution in [0.2, 0.25) is 0 Å². The fourth-order valence-electron chi connectivity index (χ4n) is 1.44. The normalized spacial score (nSPS) is 11.7. The Morgan fingerprint density at radius 1 is 1.35 bits per heavy atom. The van der Waals surface area contributed by atoms with Crippen molar-refractivity contribution in [2.75, 3.05) is 13.7 Å². The van der Waals surface area contributed by atoms with E-state index < -0.39 is 11.9 Å². The highest BCUT2D eigenvalue weighted by molar-refractivity contribution is 6.08. The van der Waals surface area contributed by atoms with Crippen molar-refractivity contribution in [3.05, 3.63) is 29.8 Å². The Balaban J connectivity index is 2.88. The van der Waals surface area contributed by atoms with Gasteiger partial charge in [-0.2, -0.15) is 0 Å². The second-order valence-electron chi connectivity index (χ2n) is 3.57. The molecule has 1 atom stereocenters. The van der Waals surface area contributed by atoms with Crippen LogP contribution in [0.5, 0.6) is 5.75 Å². The number of carbonyl (C=O) groups is 2. The summed E-state index contributed by atoms with van der Waals surface area (Å²) < 4.78 is 9.84.